The molecule has 1 amide bonds. The highest BCUT2D eigenvalue weighted by Crippen LogP contribution is 2.17. The van der Waals surface area contributed by atoms with Gasteiger partial charge < -0.3 is 14.7 Å². The van der Waals surface area contributed by atoms with Gasteiger partial charge in [-0.1, -0.05) is 5.16 Å². The van der Waals surface area contributed by atoms with Crippen molar-refractivity contribution in [2.24, 2.45) is 0 Å². The van der Waals surface area contributed by atoms with E-state index < -0.39 is 0 Å². The smallest absolute Gasteiger partial charge is 0.234 e. The zero-order chi connectivity index (χ0) is 16.9. The fourth-order valence-electron chi connectivity index (χ4n) is 2.87. The van der Waals surface area contributed by atoms with Gasteiger partial charge in [-0.15, -0.1) is 0 Å². The van der Waals surface area contributed by atoms with Crippen LogP contribution in [0.1, 0.15) is 12.2 Å². The van der Waals surface area contributed by atoms with Crippen molar-refractivity contribution >= 4 is 5.91 Å². The third-order valence-electron chi connectivity index (χ3n) is 4.32. The van der Waals surface area contributed by atoms with Crippen molar-refractivity contribution in [2.75, 3.05) is 33.7 Å². The number of hydrogen-bond donors (Lipinski definition) is 1. The van der Waals surface area contributed by atoms with Crippen molar-refractivity contribution in [3.05, 3.63) is 36.4 Å². The number of likely N-dealkylation sites (N-methyl/N-ethyl adjacent to an activating group) is 1. The maximum absolute atomic E-state index is 12.1. The average Bonchev–Trinajstić information content (AvgIpc) is 3.23. The van der Waals surface area contributed by atoms with E-state index in [-0.39, 0.29) is 5.91 Å². The first-order valence-corrected chi connectivity index (χ1v) is 8.13. The van der Waals surface area contributed by atoms with Crippen LogP contribution in [0.15, 0.2) is 35.1 Å². The quantitative estimate of drug-likeness (QED) is 0.852. The van der Waals surface area contributed by atoms with Crippen molar-refractivity contribution in [1.82, 2.24) is 25.3 Å². The summed E-state index contributed by atoms with van der Waals surface area (Å²) in [5.41, 5.74) is 1.62. The summed E-state index contributed by atoms with van der Waals surface area (Å²) >= 11 is 0. The molecule has 7 heteroatoms. The van der Waals surface area contributed by atoms with Crippen molar-refractivity contribution in [1.29, 1.82) is 0 Å². The second-order valence-corrected chi connectivity index (χ2v) is 6.34. The van der Waals surface area contributed by atoms with Gasteiger partial charge in [0.25, 0.3) is 0 Å². The molecule has 3 heterocycles. The minimum atomic E-state index is 0.00809. The van der Waals surface area contributed by atoms with E-state index in [1.54, 1.807) is 12.4 Å². The topological polar surface area (TPSA) is 74.5 Å². The minimum Gasteiger partial charge on any atom is -0.359 e. The molecule has 0 aromatic carbocycles. The average molecular weight is 329 g/mol. The molecule has 0 saturated carbocycles. The molecule has 0 bridgehead atoms. The summed E-state index contributed by atoms with van der Waals surface area (Å²) in [5, 5.41) is 6.91. The Morgan fingerprint density at radius 2 is 2.38 bits per heavy atom. The highest BCUT2D eigenvalue weighted by atomic mass is 16.5. The Labute approximate surface area is 141 Å². The number of pyridine rings is 1. The molecule has 128 valence electrons. The first kappa shape index (κ1) is 16.6. The van der Waals surface area contributed by atoms with Gasteiger partial charge in [0, 0.05) is 43.2 Å². The van der Waals surface area contributed by atoms with E-state index in [1.165, 1.54) is 0 Å². The molecule has 1 aliphatic heterocycles. The van der Waals surface area contributed by atoms with Crippen molar-refractivity contribution in [3.8, 4) is 11.3 Å². The zero-order valence-electron chi connectivity index (χ0n) is 14.1. The summed E-state index contributed by atoms with van der Waals surface area (Å²) in [6.45, 7) is 2.67. The first-order valence-electron chi connectivity index (χ1n) is 8.13. The van der Waals surface area contributed by atoms with Gasteiger partial charge in [0.1, 0.15) is 5.69 Å². The molecule has 1 N–H and O–H groups in total. The van der Waals surface area contributed by atoms with Crippen LogP contribution in [-0.4, -0.2) is 65.6 Å². The van der Waals surface area contributed by atoms with Crippen LogP contribution in [0.25, 0.3) is 11.3 Å². The summed E-state index contributed by atoms with van der Waals surface area (Å²) in [7, 11) is 4.16. The largest absolute Gasteiger partial charge is 0.359 e. The first-order chi connectivity index (χ1) is 11.6. The van der Waals surface area contributed by atoms with E-state index in [2.05, 4.69) is 39.4 Å². The SMILES string of the molecule is CN(C)C1CCN(CC(=O)NCc2cc(-c3cccnc3)no2)C1. The van der Waals surface area contributed by atoms with Gasteiger partial charge in [-0.25, -0.2) is 0 Å². The lowest BCUT2D eigenvalue weighted by Crippen LogP contribution is -2.38. The van der Waals surface area contributed by atoms with Gasteiger partial charge in [0.2, 0.25) is 5.91 Å². The van der Waals surface area contributed by atoms with E-state index in [1.807, 2.05) is 18.2 Å². The molecule has 2 aromatic heterocycles. The summed E-state index contributed by atoms with van der Waals surface area (Å²) in [6.07, 6.45) is 4.55. The summed E-state index contributed by atoms with van der Waals surface area (Å²) in [4.78, 5) is 20.5. The van der Waals surface area contributed by atoms with E-state index in [9.17, 15) is 4.79 Å². The lowest BCUT2D eigenvalue weighted by Gasteiger charge is -2.19. The maximum atomic E-state index is 12.1. The van der Waals surface area contributed by atoms with E-state index in [0.717, 1.165) is 30.8 Å². The third kappa shape index (κ3) is 4.18. The Morgan fingerprint density at radius 1 is 1.50 bits per heavy atom. The van der Waals surface area contributed by atoms with Crippen LogP contribution >= 0.6 is 0 Å². The van der Waals surface area contributed by atoms with Crippen LogP contribution < -0.4 is 5.32 Å². The number of carbonyl (C=O) groups excluding carboxylic acids is 1. The molecule has 1 aliphatic rings. The van der Waals surface area contributed by atoms with Crippen LogP contribution in [0.5, 0.6) is 0 Å². The number of rotatable bonds is 6. The zero-order valence-corrected chi connectivity index (χ0v) is 14.1. The molecule has 1 fully saturated rings. The lowest BCUT2D eigenvalue weighted by atomic mass is 10.2. The molecular weight excluding hydrogens is 306 g/mol. The molecule has 0 spiro atoms. The Morgan fingerprint density at radius 3 is 3.08 bits per heavy atom. The van der Waals surface area contributed by atoms with Crippen LogP contribution in [0.2, 0.25) is 0 Å². The van der Waals surface area contributed by atoms with Crippen LogP contribution in [0.3, 0.4) is 0 Å². The number of amides is 1. The predicted molar refractivity (Wildman–Crippen MR) is 90.1 cm³/mol. The standard InChI is InChI=1S/C17H23N5O2/c1-21(2)14-5-7-22(11-14)12-17(23)19-10-15-8-16(20-24-15)13-4-3-6-18-9-13/h3-4,6,8-9,14H,5,7,10-12H2,1-2H3,(H,19,23). The molecular formula is C17H23N5O2. The summed E-state index contributed by atoms with van der Waals surface area (Å²) in [5.74, 6) is 0.642. The Balaban J connectivity index is 1.46. The number of likely N-dealkylation sites (tertiary alicyclic amines) is 1. The molecule has 0 aliphatic carbocycles. The number of aromatic nitrogens is 2. The number of nitrogens with one attached hydrogen (secondary N) is 1. The molecule has 1 unspecified atom stereocenters. The molecule has 7 nitrogen and oxygen atoms in total. The van der Waals surface area contributed by atoms with Gasteiger partial charge >= 0.3 is 0 Å². The maximum Gasteiger partial charge on any atom is 0.234 e. The summed E-state index contributed by atoms with van der Waals surface area (Å²) < 4.78 is 5.28. The molecule has 3 rings (SSSR count). The fourth-order valence-corrected chi connectivity index (χ4v) is 2.87. The van der Waals surface area contributed by atoms with Crippen molar-refractivity contribution in [2.45, 2.75) is 19.0 Å². The lowest BCUT2D eigenvalue weighted by molar-refractivity contribution is -0.122. The third-order valence-corrected chi connectivity index (χ3v) is 4.32. The summed E-state index contributed by atoms with van der Waals surface area (Å²) in [6, 6.07) is 6.13. The Kier molecular flexibility index (Phi) is 5.22. The van der Waals surface area contributed by atoms with Gasteiger partial charge in [-0.2, -0.15) is 0 Å². The molecule has 1 atom stereocenters. The Bertz CT molecular complexity index is 671. The van der Waals surface area contributed by atoms with E-state index in [0.29, 0.717) is 24.9 Å². The van der Waals surface area contributed by atoms with Gasteiger partial charge in [0.15, 0.2) is 5.76 Å². The number of carbonyl (C=O) groups is 1. The molecule has 1 saturated heterocycles. The molecule has 24 heavy (non-hydrogen) atoms. The Hall–Kier alpha value is -2.25. The van der Waals surface area contributed by atoms with Crippen molar-refractivity contribution in [3.63, 3.8) is 0 Å². The minimum absolute atomic E-state index is 0.00809. The van der Waals surface area contributed by atoms with Gasteiger partial charge in [-0.3, -0.25) is 14.7 Å². The number of nitrogens with zero attached hydrogens (tertiary/aromatic N) is 4. The van der Waals surface area contributed by atoms with Crippen LogP contribution in [0.4, 0.5) is 0 Å². The fraction of sp³-hybridized carbons (Fsp3) is 0.471. The highest BCUT2D eigenvalue weighted by molar-refractivity contribution is 5.78. The predicted octanol–water partition coefficient (Wildman–Crippen LogP) is 0.989. The second kappa shape index (κ2) is 7.55. The number of hydrogen-bond acceptors (Lipinski definition) is 6. The monoisotopic (exact) mass is 329 g/mol. The van der Waals surface area contributed by atoms with Gasteiger partial charge in [-0.05, 0) is 32.6 Å². The van der Waals surface area contributed by atoms with Gasteiger partial charge in [0.05, 0.1) is 13.1 Å². The van der Waals surface area contributed by atoms with E-state index in [4.69, 9.17) is 4.52 Å². The van der Waals surface area contributed by atoms with Crippen LogP contribution in [-0.2, 0) is 11.3 Å². The van der Waals surface area contributed by atoms with E-state index >= 15 is 0 Å². The molecule has 2 aromatic rings. The molecule has 0 radical (unpaired) electrons. The van der Waals surface area contributed by atoms with Crippen molar-refractivity contribution < 1.29 is 9.32 Å². The normalized spacial score (nSPS) is 18.2. The highest BCUT2D eigenvalue weighted by Gasteiger charge is 2.25. The van der Waals surface area contributed by atoms with Crippen LogP contribution in [0, 0.1) is 0 Å². The second-order valence-electron chi connectivity index (χ2n) is 6.34.